The standard InChI is InChI=1S/C26H24F2/c1-3-5-7-19-9-13-21(14-10-19)23-17-18-24(26(28)25(23)27)22-15-11-20(12-16-22)8-6-4-2/h3-4,9-18H,1-2,5-8H2. The molecule has 0 nitrogen and oxygen atoms in total. The molecule has 28 heavy (non-hydrogen) atoms. The first-order valence-corrected chi connectivity index (χ1v) is 9.52. The van der Waals surface area contributed by atoms with Gasteiger partial charge in [0.2, 0.25) is 0 Å². The van der Waals surface area contributed by atoms with Gasteiger partial charge in [-0.05, 0) is 47.9 Å². The Hall–Kier alpha value is -3.00. The molecule has 0 aliphatic carbocycles. The second-order valence-electron chi connectivity index (χ2n) is 6.84. The highest BCUT2D eigenvalue weighted by molar-refractivity contribution is 5.72. The lowest BCUT2D eigenvalue weighted by Gasteiger charge is -2.10. The van der Waals surface area contributed by atoms with Crippen LogP contribution in [0, 0.1) is 11.6 Å². The maximum absolute atomic E-state index is 14.8. The zero-order valence-corrected chi connectivity index (χ0v) is 15.9. The van der Waals surface area contributed by atoms with Gasteiger partial charge in [0.25, 0.3) is 0 Å². The fourth-order valence-electron chi connectivity index (χ4n) is 3.23. The molecular weight excluding hydrogens is 350 g/mol. The van der Waals surface area contributed by atoms with Gasteiger partial charge in [-0.1, -0.05) is 72.8 Å². The molecule has 0 aliphatic rings. The molecule has 0 bridgehead atoms. The Bertz CT molecular complexity index is 870. The van der Waals surface area contributed by atoms with Gasteiger partial charge in [-0.25, -0.2) is 8.78 Å². The summed E-state index contributed by atoms with van der Waals surface area (Å²) in [6.07, 6.45) is 7.30. The van der Waals surface area contributed by atoms with Crippen molar-refractivity contribution in [3.8, 4) is 22.3 Å². The summed E-state index contributed by atoms with van der Waals surface area (Å²) in [5.41, 5.74) is 4.20. The number of rotatable bonds is 8. The van der Waals surface area contributed by atoms with Crippen LogP contribution in [-0.4, -0.2) is 0 Å². The lowest BCUT2D eigenvalue weighted by molar-refractivity contribution is 0.514. The van der Waals surface area contributed by atoms with Crippen molar-refractivity contribution in [1.82, 2.24) is 0 Å². The van der Waals surface area contributed by atoms with E-state index in [-0.39, 0.29) is 11.1 Å². The van der Waals surface area contributed by atoms with E-state index in [1.54, 1.807) is 12.1 Å². The quantitative estimate of drug-likeness (QED) is 0.357. The molecule has 0 saturated carbocycles. The Kier molecular flexibility index (Phi) is 6.54. The van der Waals surface area contributed by atoms with Gasteiger partial charge in [-0.2, -0.15) is 0 Å². The molecule has 0 N–H and O–H groups in total. The molecule has 0 heterocycles. The molecule has 0 aliphatic heterocycles. The number of allylic oxidation sites excluding steroid dienone is 2. The minimum absolute atomic E-state index is 0.277. The largest absolute Gasteiger partial charge is 0.203 e. The topological polar surface area (TPSA) is 0 Å². The van der Waals surface area contributed by atoms with Gasteiger partial charge in [0.1, 0.15) is 0 Å². The Morgan fingerprint density at radius 2 is 0.929 bits per heavy atom. The first-order chi connectivity index (χ1) is 13.6. The van der Waals surface area contributed by atoms with E-state index in [1.165, 1.54) is 0 Å². The monoisotopic (exact) mass is 374 g/mol. The van der Waals surface area contributed by atoms with Crippen molar-refractivity contribution in [2.24, 2.45) is 0 Å². The molecule has 0 fully saturated rings. The van der Waals surface area contributed by atoms with Crippen molar-refractivity contribution in [3.63, 3.8) is 0 Å². The number of benzene rings is 3. The molecule has 3 rings (SSSR count). The van der Waals surface area contributed by atoms with Gasteiger partial charge < -0.3 is 0 Å². The molecule has 142 valence electrons. The van der Waals surface area contributed by atoms with Crippen molar-refractivity contribution in [2.75, 3.05) is 0 Å². The summed E-state index contributed by atoms with van der Waals surface area (Å²) in [4.78, 5) is 0. The van der Waals surface area contributed by atoms with Gasteiger partial charge in [-0.3, -0.25) is 0 Å². The van der Waals surface area contributed by atoms with E-state index >= 15 is 0 Å². The Labute approximate surface area is 165 Å². The van der Waals surface area contributed by atoms with Crippen LogP contribution >= 0.6 is 0 Å². The third-order valence-corrected chi connectivity index (χ3v) is 4.89. The predicted octanol–water partition coefficient (Wildman–Crippen LogP) is 7.54. The van der Waals surface area contributed by atoms with E-state index in [4.69, 9.17) is 0 Å². The van der Waals surface area contributed by atoms with E-state index in [1.807, 2.05) is 60.7 Å². The molecular formula is C26H24F2. The first kappa shape index (κ1) is 19.8. The van der Waals surface area contributed by atoms with Gasteiger partial charge in [0.05, 0.1) is 0 Å². The van der Waals surface area contributed by atoms with Crippen LogP contribution in [0.25, 0.3) is 22.3 Å². The Balaban J connectivity index is 1.86. The van der Waals surface area contributed by atoms with Gasteiger partial charge in [-0.15, -0.1) is 13.2 Å². The summed E-state index contributed by atoms with van der Waals surface area (Å²) in [6.45, 7) is 7.44. The normalized spacial score (nSPS) is 10.6. The fourth-order valence-corrected chi connectivity index (χ4v) is 3.23. The van der Waals surface area contributed by atoms with Crippen molar-refractivity contribution in [2.45, 2.75) is 25.7 Å². The van der Waals surface area contributed by atoms with Crippen molar-refractivity contribution >= 4 is 0 Å². The molecule has 0 amide bonds. The van der Waals surface area contributed by atoms with Crippen molar-refractivity contribution in [3.05, 3.63) is 109 Å². The second kappa shape index (κ2) is 9.27. The molecule has 2 heteroatoms. The lowest BCUT2D eigenvalue weighted by Crippen LogP contribution is -1.95. The van der Waals surface area contributed by atoms with E-state index in [0.717, 1.165) is 36.8 Å². The minimum atomic E-state index is -0.813. The average Bonchev–Trinajstić information content (AvgIpc) is 2.73. The third kappa shape index (κ3) is 4.45. The van der Waals surface area contributed by atoms with E-state index < -0.39 is 11.6 Å². The van der Waals surface area contributed by atoms with Crippen LogP contribution in [0.4, 0.5) is 8.78 Å². The summed E-state index contributed by atoms with van der Waals surface area (Å²) in [5.74, 6) is -1.63. The summed E-state index contributed by atoms with van der Waals surface area (Å²) in [5, 5.41) is 0. The van der Waals surface area contributed by atoms with E-state index in [9.17, 15) is 8.78 Å². The fraction of sp³-hybridized carbons (Fsp3) is 0.154. The summed E-state index contributed by atoms with van der Waals surface area (Å²) < 4.78 is 29.6. The third-order valence-electron chi connectivity index (χ3n) is 4.89. The lowest BCUT2D eigenvalue weighted by atomic mass is 9.97. The van der Waals surface area contributed by atoms with Crippen LogP contribution in [0.5, 0.6) is 0 Å². The molecule has 0 radical (unpaired) electrons. The minimum Gasteiger partial charge on any atom is -0.203 e. The van der Waals surface area contributed by atoms with Crippen LogP contribution in [0.3, 0.4) is 0 Å². The van der Waals surface area contributed by atoms with Crippen LogP contribution < -0.4 is 0 Å². The molecule has 3 aromatic carbocycles. The maximum atomic E-state index is 14.8. The number of halogens is 2. The highest BCUT2D eigenvalue weighted by Crippen LogP contribution is 2.32. The zero-order chi connectivity index (χ0) is 19.9. The van der Waals surface area contributed by atoms with Gasteiger partial charge in [0.15, 0.2) is 11.6 Å². The second-order valence-corrected chi connectivity index (χ2v) is 6.84. The Morgan fingerprint density at radius 1 is 0.571 bits per heavy atom. The van der Waals surface area contributed by atoms with Crippen molar-refractivity contribution in [1.29, 1.82) is 0 Å². The predicted molar refractivity (Wildman–Crippen MR) is 114 cm³/mol. The van der Waals surface area contributed by atoms with E-state index in [2.05, 4.69) is 13.2 Å². The van der Waals surface area contributed by atoms with E-state index in [0.29, 0.717) is 11.1 Å². The molecule has 0 aromatic heterocycles. The number of hydrogen-bond donors (Lipinski definition) is 0. The van der Waals surface area contributed by atoms with Crippen LogP contribution in [0.1, 0.15) is 24.0 Å². The highest BCUT2D eigenvalue weighted by Gasteiger charge is 2.16. The number of hydrogen-bond acceptors (Lipinski definition) is 0. The molecule has 0 atom stereocenters. The summed E-state index contributed by atoms with van der Waals surface area (Å²) in [7, 11) is 0. The zero-order valence-electron chi connectivity index (χ0n) is 15.9. The highest BCUT2D eigenvalue weighted by atomic mass is 19.2. The van der Waals surface area contributed by atoms with Crippen LogP contribution in [-0.2, 0) is 12.8 Å². The first-order valence-electron chi connectivity index (χ1n) is 9.52. The maximum Gasteiger partial charge on any atom is 0.167 e. The average molecular weight is 374 g/mol. The smallest absolute Gasteiger partial charge is 0.167 e. The van der Waals surface area contributed by atoms with Crippen LogP contribution in [0.15, 0.2) is 86.0 Å². The van der Waals surface area contributed by atoms with Crippen LogP contribution in [0.2, 0.25) is 0 Å². The Morgan fingerprint density at radius 3 is 1.25 bits per heavy atom. The molecule has 3 aromatic rings. The summed E-state index contributed by atoms with van der Waals surface area (Å²) in [6, 6.07) is 18.5. The molecule has 0 unspecified atom stereocenters. The summed E-state index contributed by atoms with van der Waals surface area (Å²) >= 11 is 0. The molecule has 0 saturated heterocycles. The number of aryl methyl sites for hydroxylation is 2. The van der Waals surface area contributed by atoms with Gasteiger partial charge >= 0.3 is 0 Å². The van der Waals surface area contributed by atoms with Gasteiger partial charge in [0, 0.05) is 11.1 Å². The SMILES string of the molecule is C=CCCc1ccc(-c2ccc(-c3ccc(CCC=C)cc3)c(F)c2F)cc1. The molecule has 0 spiro atoms. The van der Waals surface area contributed by atoms with Crippen molar-refractivity contribution < 1.29 is 8.78 Å².